The number of hydrazine groups is 1. The minimum atomic E-state index is -0.350. The van der Waals surface area contributed by atoms with Crippen molar-refractivity contribution in [3.8, 4) is 0 Å². The molecular formula is C9H10N6O2. The van der Waals surface area contributed by atoms with E-state index < -0.39 is 0 Å². The summed E-state index contributed by atoms with van der Waals surface area (Å²) in [5, 5.41) is 6.13. The van der Waals surface area contributed by atoms with Crippen LogP contribution in [0, 0.1) is 0 Å². The van der Waals surface area contributed by atoms with Crippen LogP contribution in [-0.2, 0) is 6.54 Å². The number of carbonyl (C=O) groups is 1. The van der Waals surface area contributed by atoms with Gasteiger partial charge in [-0.1, -0.05) is 5.16 Å². The van der Waals surface area contributed by atoms with Gasteiger partial charge >= 0.3 is 0 Å². The maximum Gasteiger partial charge on any atom is 0.271 e. The number of anilines is 1. The highest BCUT2D eigenvalue weighted by Gasteiger charge is 2.08. The first-order valence-electron chi connectivity index (χ1n) is 4.76. The van der Waals surface area contributed by atoms with Gasteiger partial charge in [-0.3, -0.25) is 4.79 Å². The fourth-order valence-corrected chi connectivity index (χ4v) is 1.11. The van der Waals surface area contributed by atoms with E-state index in [1.807, 2.05) is 0 Å². The molecule has 0 radical (unpaired) electrons. The molecule has 0 bridgehead atoms. The van der Waals surface area contributed by atoms with Gasteiger partial charge in [-0.2, -0.15) is 0 Å². The summed E-state index contributed by atoms with van der Waals surface area (Å²) in [7, 11) is 0. The van der Waals surface area contributed by atoms with Gasteiger partial charge in [0, 0.05) is 6.07 Å². The smallest absolute Gasteiger partial charge is 0.271 e. The monoisotopic (exact) mass is 234 g/mol. The van der Waals surface area contributed by atoms with Crippen LogP contribution in [0.2, 0.25) is 0 Å². The van der Waals surface area contributed by atoms with E-state index in [-0.39, 0.29) is 18.1 Å². The van der Waals surface area contributed by atoms with Crippen molar-refractivity contribution in [3.63, 3.8) is 0 Å². The highest BCUT2D eigenvalue weighted by Crippen LogP contribution is 2.00. The second kappa shape index (κ2) is 5.03. The number of nitrogens with one attached hydrogen (secondary N) is 2. The van der Waals surface area contributed by atoms with Gasteiger partial charge in [0.05, 0.1) is 25.1 Å². The maximum absolute atomic E-state index is 11.6. The lowest BCUT2D eigenvalue weighted by Crippen LogP contribution is -2.24. The number of nitrogen functional groups attached to an aromatic ring is 1. The first-order chi connectivity index (χ1) is 8.29. The molecule has 0 saturated heterocycles. The third kappa shape index (κ3) is 2.75. The molecule has 2 heterocycles. The molecule has 0 aliphatic heterocycles. The number of nitrogens with zero attached hydrogens (tertiary/aromatic N) is 3. The van der Waals surface area contributed by atoms with Gasteiger partial charge in [-0.05, 0) is 0 Å². The molecule has 2 rings (SSSR count). The normalized spacial score (nSPS) is 9.94. The second-order valence-corrected chi connectivity index (χ2v) is 3.09. The van der Waals surface area contributed by atoms with Gasteiger partial charge in [0.1, 0.15) is 5.69 Å². The lowest BCUT2D eigenvalue weighted by Gasteiger charge is -2.02. The third-order valence-electron chi connectivity index (χ3n) is 1.95. The molecule has 2 aromatic rings. The van der Waals surface area contributed by atoms with Gasteiger partial charge in [0.25, 0.3) is 5.91 Å². The fourth-order valence-electron chi connectivity index (χ4n) is 1.11. The van der Waals surface area contributed by atoms with Crippen LogP contribution < -0.4 is 16.6 Å². The van der Waals surface area contributed by atoms with Gasteiger partial charge in [0.15, 0.2) is 11.6 Å². The summed E-state index contributed by atoms with van der Waals surface area (Å²) >= 11 is 0. The van der Waals surface area contributed by atoms with E-state index in [0.29, 0.717) is 11.6 Å². The fraction of sp³-hybridized carbons (Fsp3) is 0.111. The number of nitrogens with two attached hydrogens (primary N) is 1. The average molecular weight is 234 g/mol. The molecular weight excluding hydrogens is 224 g/mol. The molecule has 0 unspecified atom stereocenters. The lowest BCUT2D eigenvalue weighted by molar-refractivity contribution is 0.0941. The summed E-state index contributed by atoms with van der Waals surface area (Å²) in [6, 6.07) is 1.66. The van der Waals surface area contributed by atoms with E-state index in [1.165, 1.54) is 18.6 Å². The number of aromatic nitrogens is 3. The Labute approximate surface area is 96.2 Å². The minimum Gasteiger partial charge on any atom is -0.360 e. The molecule has 0 aromatic carbocycles. The molecule has 88 valence electrons. The molecule has 4 N–H and O–H groups in total. The number of hydrogen-bond donors (Lipinski definition) is 3. The van der Waals surface area contributed by atoms with Crippen molar-refractivity contribution < 1.29 is 9.32 Å². The Bertz CT molecular complexity index is 481. The van der Waals surface area contributed by atoms with Crippen LogP contribution in [0.4, 0.5) is 5.82 Å². The Morgan fingerprint density at radius 3 is 2.88 bits per heavy atom. The SMILES string of the molecule is NNc1cnc(C(=O)NCc2ccno2)cn1. The van der Waals surface area contributed by atoms with Gasteiger partial charge in [0.2, 0.25) is 0 Å². The topological polar surface area (TPSA) is 119 Å². The van der Waals surface area contributed by atoms with E-state index >= 15 is 0 Å². The standard InChI is InChI=1S/C9H10N6O2/c10-15-8-5-11-7(4-12-8)9(16)13-3-6-1-2-14-17-6/h1-2,4-5H,3,10H2,(H,12,15)(H,13,16). The number of carbonyl (C=O) groups excluding carboxylic acids is 1. The molecule has 0 spiro atoms. The molecule has 0 atom stereocenters. The van der Waals surface area contributed by atoms with E-state index in [9.17, 15) is 4.79 Å². The Balaban J connectivity index is 1.95. The summed E-state index contributed by atoms with van der Waals surface area (Å²) in [5.41, 5.74) is 2.52. The molecule has 17 heavy (non-hydrogen) atoms. The van der Waals surface area contributed by atoms with Gasteiger partial charge < -0.3 is 15.3 Å². The van der Waals surface area contributed by atoms with E-state index in [4.69, 9.17) is 10.4 Å². The number of amides is 1. The zero-order valence-electron chi connectivity index (χ0n) is 8.75. The van der Waals surface area contributed by atoms with Gasteiger partial charge in [-0.25, -0.2) is 15.8 Å². The van der Waals surface area contributed by atoms with E-state index in [0.717, 1.165) is 0 Å². The van der Waals surface area contributed by atoms with Crippen LogP contribution in [-0.4, -0.2) is 21.0 Å². The van der Waals surface area contributed by atoms with Crippen molar-refractivity contribution in [2.45, 2.75) is 6.54 Å². The zero-order chi connectivity index (χ0) is 12.1. The highest BCUT2D eigenvalue weighted by molar-refractivity contribution is 5.91. The predicted octanol–water partition coefficient (Wildman–Crippen LogP) is -0.320. The molecule has 1 amide bonds. The molecule has 0 saturated carbocycles. The highest BCUT2D eigenvalue weighted by atomic mass is 16.5. The van der Waals surface area contributed by atoms with Crippen LogP contribution in [0.3, 0.4) is 0 Å². The summed E-state index contributed by atoms with van der Waals surface area (Å²) in [6.07, 6.45) is 4.19. The van der Waals surface area contributed by atoms with Crippen molar-refractivity contribution in [3.05, 3.63) is 36.1 Å². The van der Waals surface area contributed by atoms with E-state index in [1.54, 1.807) is 6.07 Å². The van der Waals surface area contributed by atoms with Crippen LogP contribution >= 0.6 is 0 Å². The average Bonchev–Trinajstić information content (AvgIpc) is 2.89. The summed E-state index contributed by atoms with van der Waals surface area (Å²) in [5.74, 6) is 5.72. The molecule has 8 heteroatoms. The van der Waals surface area contributed by atoms with Crippen LogP contribution in [0.5, 0.6) is 0 Å². The zero-order valence-corrected chi connectivity index (χ0v) is 8.75. The van der Waals surface area contributed by atoms with Crippen molar-refractivity contribution >= 4 is 11.7 Å². The summed E-state index contributed by atoms with van der Waals surface area (Å²) < 4.78 is 4.83. The Morgan fingerprint density at radius 2 is 2.29 bits per heavy atom. The number of rotatable bonds is 4. The van der Waals surface area contributed by atoms with Crippen molar-refractivity contribution in [1.82, 2.24) is 20.4 Å². The molecule has 8 nitrogen and oxygen atoms in total. The molecule has 0 aliphatic rings. The van der Waals surface area contributed by atoms with Crippen LogP contribution in [0.1, 0.15) is 16.2 Å². The van der Waals surface area contributed by atoms with Crippen LogP contribution in [0.25, 0.3) is 0 Å². The third-order valence-corrected chi connectivity index (χ3v) is 1.95. The Kier molecular flexibility index (Phi) is 3.26. The number of hydrogen-bond acceptors (Lipinski definition) is 7. The minimum absolute atomic E-state index is 0.198. The van der Waals surface area contributed by atoms with Crippen molar-refractivity contribution in [2.24, 2.45) is 5.84 Å². The lowest BCUT2D eigenvalue weighted by atomic mass is 10.4. The van der Waals surface area contributed by atoms with Crippen molar-refractivity contribution in [1.29, 1.82) is 0 Å². The van der Waals surface area contributed by atoms with Crippen LogP contribution in [0.15, 0.2) is 29.2 Å². The van der Waals surface area contributed by atoms with Gasteiger partial charge in [-0.15, -0.1) is 0 Å². The Morgan fingerprint density at radius 1 is 1.41 bits per heavy atom. The van der Waals surface area contributed by atoms with Crippen molar-refractivity contribution in [2.75, 3.05) is 5.43 Å². The molecule has 0 fully saturated rings. The summed E-state index contributed by atoms with van der Waals surface area (Å²) in [4.78, 5) is 19.4. The molecule has 0 aliphatic carbocycles. The van der Waals surface area contributed by atoms with E-state index in [2.05, 4.69) is 25.9 Å². The largest absolute Gasteiger partial charge is 0.360 e. The molecule has 2 aromatic heterocycles. The quantitative estimate of drug-likeness (QED) is 0.490. The second-order valence-electron chi connectivity index (χ2n) is 3.09. The summed E-state index contributed by atoms with van der Waals surface area (Å²) in [6.45, 7) is 0.247. The first-order valence-corrected chi connectivity index (χ1v) is 4.76. The maximum atomic E-state index is 11.6. The predicted molar refractivity (Wildman–Crippen MR) is 57.5 cm³/mol. The first kappa shape index (κ1) is 11.0. The Hall–Kier alpha value is -2.48.